The largest absolute Gasteiger partial charge is 0.486 e. The van der Waals surface area contributed by atoms with E-state index < -0.39 is 30.2 Å². The molecular weight excluding hydrogens is 697 g/mol. The van der Waals surface area contributed by atoms with E-state index in [1.54, 1.807) is 7.11 Å². The fourth-order valence-electron chi connectivity index (χ4n) is 7.42. The van der Waals surface area contributed by atoms with Crippen molar-refractivity contribution in [1.82, 2.24) is 0 Å². The minimum absolute atomic E-state index is 0.310. The molecule has 9 heteroatoms. The maximum atomic E-state index is 7.20. The van der Waals surface area contributed by atoms with Crippen LogP contribution in [0.2, 0.25) is 0 Å². The molecular formula is C45H50O8Si. The quantitative estimate of drug-likeness (QED) is 0.102. The Hall–Kier alpha value is -4.32. The second kappa shape index (κ2) is 18.3. The van der Waals surface area contributed by atoms with Gasteiger partial charge in [-0.05, 0) is 64.4 Å². The Kier molecular flexibility index (Phi) is 12.9. The van der Waals surface area contributed by atoms with Crippen molar-refractivity contribution >= 4 is 10.5 Å². The Bertz CT molecular complexity index is 1910. The summed E-state index contributed by atoms with van der Waals surface area (Å²) in [6, 6.07) is 43.1. The normalized spacial score (nSPS) is 22.3. The zero-order valence-electron chi connectivity index (χ0n) is 31.4. The number of aryl methyl sites for hydroxylation is 1. The highest BCUT2D eigenvalue weighted by Crippen LogP contribution is 2.45. The molecule has 0 N–H and O–H groups in total. The molecule has 2 aliphatic rings. The van der Waals surface area contributed by atoms with E-state index in [0.717, 1.165) is 51.3 Å². The van der Waals surface area contributed by atoms with Crippen molar-refractivity contribution in [2.75, 3.05) is 26.9 Å². The van der Waals surface area contributed by atoms with E-state index in [1.165, 1.54) is 5.56 Å². The molecule has 2 heterocycles. The Morgan fingerprint density at radius 3 is 1.81 bits per heavy atom. The molecule has 5 aromatic rings. The van der Waals surface area contributed by atoms with E-state index >= 15 is 0 Å². The molecule has 0 aliphatic carbocycles. The Labute approximate surface area is 321 Å². The minimum Gasteiger partial charge on any atom is -0.486 e. The molecule has 7 rings (SSSR count). The van der Waals surface area contributed by atoms with Crippen LogP contribution in [0.4, 0.5) is 0 Å². The van der Waals surface area contributed by atoms with Crippen LogP contribution in [0.3, 0.4) is 0 Å². The number of ether oxygens (including phenoxy) is 7. The smallest absolute Gasteiger partial charge is 0.225 e. The number of hydrogen-bond acceptors (Lipinski definition) is 8. The van der Waals surface area contributed by atoms with Gasteiger partial charge in [0.2, 0.25) is 5.79 Å². The van der Waals surface area contributed by atoms with Crippen LogP contribution >= 0.6 is 0 Å². The van der Waals surface area contributed by atoms with Gasteiger partial charge in [-0.2, -0.15) is 0 Å². The maximum Gasteiger partial charge on any atom is 0.225 e. The van der Waals surface area contributed by atoms with Crippen LogP contribution in [0.1, 0.15) is 45.9 Å². The lowest BCUT2D eigenvalue weighted by Crippen LogP contribution is -2.66. The van der Waals surface area contributed by atoms with Crippen LogP contribution in [0.15, 0.2) is 127 Å². The highest BCUT2D eigenvalue weighted by molar-refractivity contribution is 5.97. The molecule has 0 saturated carbocycles. The molecule has 5 atom stereocenters. The number of hydrogen-bond donors (Lipinski definition) is 0. The lowest BCUT2D eigenvalue weighted by Gasteiger charge is -2.52. The summed E-state index contributed by atoms with van der Waals surface area (Å²) in [5.74, 6) is 0.179. The Morgan fingerprint density at radius 1 is 0.630 bits per heavy atom. The number of benzene rings is 5. The van der Waals surface area contributed by atoms with Gasteiger partial charge in [0.15, 0.2) is 11.5 Å². The monoisotopic (exact) mass is 746 g/mol. The van der Waals surface area contributed by atoms with Gasteiger partial charge in [0, 0.05) is 12.7 Å². The average molecular weight is 747 g/mol. The van der Waals surface area contributed by atoms with E-state index in [-0.39, 0.29) is 0 Å². The van der Waals surface area contributed by atoms with Crippen molar-refractivity contribution < 1.29 is 37.6 Å². The van der Waals surface area contributed by atoms with Crippen LogP contribution in [0.5, 0.6) is 11.5 Å². The summed E-state index contributed by atoms with van der Waals surface area (Å²) >= 11 is 0. The second-order valence-electron chi connectivity index (χ2n) is 13.7. The summed E-state index contributed by atoms with van der Waals surface area (Å²) in [6.07, 6.45) is -0.876. The second-order valence-corrected chi connectivity index (χ2v) is 14.3. The molecule has 0 amide bonds. The fraction of sp³-hybridized carbons (Fsp3) is 0.333. The molecule has 1 saturated heterocycles. The number of rotatable bonds is 16. The summed E-state index contributed by atoms with van der Waals surface area (Å²) < 4.78 is 52.3. The highest BCUT2D eigenvalue weighted by Gasteiger charge is 2.58. The topological polar surface area (TPSA) is 73.8 Å². The third-order valence-corrected chi connectivity index (χ3v) is 10.5. The molecule has 5 aromatic carbocycles. The van der Waals surface area contributed by atoms with Gasteiger partial charge >= 0.3 is 0 Å². The Balaban J connectivity index is 1.31. The zero-order chi connectivity index (χ0) is 37.2. The zero-order valence-corrected chi connectivity index (χ0v) is 33.4. The standard InChI is InChI=1S/C45H50O8Si/c1-3-36-20-21-38(27-37(36)25-35-19-22-39-40(26-35)48-24-23-47-39)45(46-2)44(51-30-34-17-11-6-12-18-34)43(50-29-33-15-9-5-10-16-33)42(41(53-45)31-52-54)49-28-32-13-7-4-8-14-32/h4-22,26-27,41-44H,3,23-25,28-31H2,1-2,54H3/t41-,42-,43+,44-,45?/m1/s1. The van der Waals surface area contributed by atoms with Crippen molar-refractivity contribution in [3.63, 3.8) is 0 Å². The average Bonchev–Trinajstić information content (AvgIpc) is 3.23. The summed E-state index contributed by atoms with van der Waals surface area (Å²) in [5.41, 5.74) is 7.47. The lowest BCUT2D eigenvalue weighted by molar-refractivity contribution is -0.383. The van der Waals surface area contributed by atoms with Gasteiger partial charge in [0.25, 0.3) is 0 Å². The first-order chi connectivity index (χ1) is 26.6. The van der Waals surface area contributed by atoms with Crippen LogP contribution in [0.25, 0.3) is 0 Å². The first-order valence-corrected chi connectivity index (χ1v) is 19.6. The van der Waals surface area contributed by atoms with Gasteiger partial charge in [-0.15, -0.1) is 0 Å². The summed E-state index contributed by atoms with van der Waals surface area (Å²) in [7, 11) is 2.21. The van der Waals surface area contributed by atoms with Crippen LogP contribution in [-0.2, 0) is 66.6 Å². The van der Waals surface area contributed by atoms with Gasteiger partial charge in [0.05, 0.1) is 26.4 Å². The highest BCUT2D eigenvalue weighted by atomic mass is 28.2. The molecule has 8 nitrogen and oxygen atoms in total. The number of methoxy groups -OCH3 is 1. The van der Waals surface area contributed by atoms with E-state index in [2.05, 4.69) is 73.7 Å². The van der Waals surface area contributed by atoms with Crippen molar-refractivity contribution in [2.45, 2.75) is 69.8 Å². The van der Waals surface area contributed by atoms with Crippen molar-refractivity contribution in [3.8, 4) is 11.5 Å². The first-order valence-electron chi connectivity index (χ1n) is 18.8. The minimum atomic E-state index is -1.37. The van der Waals surface area contributed by atoms with Crippen molar-refractivity contribution in [3.05, 3.63) is 166 Å². The predicted octanol–water partition coefficient (Wildman–Crippen LogP) is 6.86. The van der Waals surface area contributed by atoms with Crippen LogP contribution in [-0.4, -0.2) is 61.8 Å². The van der Waals surface area contributed by atoms with Crippen LogP contribution < -0.4 is 9.47 Å². The molecule has 282 valence electrons. The number of fused-ring (bicyclic) bond motifs is 1. The molecule has 2 aliphatic heterocycles. The maximum absolute atomic E-state index is 7.20. The van der Waals surface area contributed by atoms with Crippen molar-refractivity contribution in [1.29, 1.82) is 0 Å². The molecule has 0 spiro atoms. The van der Waals surface area contributed by atoms with E-state index in [0.29, 0.717) is 56.5 Å². The van der Waals surface area contributed by atoms with Gasteiger partial charge in [0.1, 0.15) is 48.1 Å². The van der Waals surface area contributed by atoms with Gasteiger partial charge in [-0.3, -0.25) is 0 Å². The summed E-state index contributed by atoms with van der Waals surface area (Å²) in [6.45, 7) is 4.62. The third kappa shape index (κ3) is 8.80. The van der Waals surface area contributed by atoms with E-state index in [9.17, 15) is 0 Å². The predicted molar refractivity (Wildman–Crippen MR) is 211 cm³/mol. The van der Waals surface area contributed by atoms with Gasteiger partial charge in [-0.25, -0.2) is 0 Å². The van der Waals surface area contributed by atoms with Gasteiger partial charge in [-0.1, -0.05) is 116 Å². The molecule has 54 heavy (non-hydrogen) atoms. The summed E-state index contributed by atoms with van der Waals surface area (Å²) in [5, 5.41) is 0. The molecule has 1 fully saturated rings. The molecule has 1 unspecified atom stereocenters. The van der Waals surface area contributed by atoms with Crippen molar-refractivity contribution in [2.24, 2.45) is 0 Å². The molecule has 0 aromatic heterocycles. The molecule has 0 bridgehead atoms. The summed E-state index contributed by atoms with van der Waals surface area (Å²) in [4.78, 5) is 0. The lowest BCUT2D eigenvalue weighted by atomic mass is 9.85. The SMILES string of the molecule is CCc1ccc(C2(OC)O[C@H](CO[SiH3])[C@@H](OCc3ccccc3)[C@H](OCc3ccccc3)[C@H]2OCc2ccccc2)cc1Cc1ccc2c(c1)OCCO2. The van der Waals surface area contributed by atoms with E-state index in [1.807, 2.05) is 60.7 Å². The van der Waals surface area contributed by atoms with Gasteiger partial charge < -0.3 is 37.6 Å². The van der Waals surface area contributed by atoms with E-state index in [4.69, 9.17) is 37.6 Å². The fourth-order valence-corrected chi connectivity index (χ4v) is 7.75. The third-order valence-electron chi connectivity index (χ3n) is 10.2. The Morgan fingerprint density at radius 2 is 1.22 bits per heavy atom. The molecule has 0 radical (unpaired) electrons. The first kappa shape index (κ1) is 38.0. The van der Waals surface area contributed by atoms with Crippen LogP contribution in [0, 0.1) is 0 Å².